The Labute approximate surface area is 188 Å². The number of imidazole rings is 1. The molecule has 31 heavy (non-hydrogen) atoms. The Morgan fingerprint density at radius 1 is 1.16 bits per heavy atom. The van der Waals surface area contributed by atoms with Crippen LogP contribution >= 0.6 is 11.8 Å². The molecule has 2 aromatic carbocycles. The van der Waals surface area contributed by atoms with Crippen molar-refractivity contribution >= 4 is 22.8 Å². The molecule has 1 saturated heterocycles. The summed E-state index contributed by atoms with van der Waals surface area (Å²) in [4.78, 5) is 12.1. The zero-order chi connectivity index (χ0) is 21.2. The topological polar surface area (TPSA) is 67.2 Å². The van der Waals surface area contributed by atoms with Crippen LogP contribution < -0.4 is 5.73 Å². The van der Waals surface area contributed by atoms with E-state index in [4.69, 9.17) is 15.5 Å². The lowest BCUT2D eigenvalue weighted by molar-refractivity contribution is -0.0264. The normalized spacial score (nSPS) is 23.3. The van der Waals surface area contributed by atoms with Gasteiger partial charge in [0.1, 0.15) is 11.9 Å². The van der Waals surface area contributed by atoms with Gasteiger partial charge >= 0.3 is 0 Å². The van der Waals surface area contributed by atoms with Gasteiger partial charge in [0.25, 0.3) is 0 Å². The van der Waals surface area contributed by atoms with Crippen LogP contribution in [0.4, 0.5) is 0 Å². The van der Waals surface area contributed by atoms with Crippen molar-refractivity contribution in [3.8, 4) is 0 Å². The molecule has 1 unspecified atom stereocenters. The summed E-state index contributed by atoms with van der Waals surface area (Å²) in [7, 11) is 2.18. The predicted octanol–water partition coefficient (Wildman–Crippen LogP) is 4.45. The number of rotatable bonds is 8. The van der Waals surface area contributed by atoms with Gasteiger partial charge in [-0.25, -0.2) is 4.98 Å². The van der Waals surface area contributed by atoms with E-state index in [1.165, 1.54) is 16.9 Å². The first-order valence-corrected chi connectivity index (χ1v) is 12.4. The Morgan fingerprint density at radius 2 is 2.00 bits per heavy atom. The summed E-state index contributed by atoms with van der Waals surface area (Å²) in [5, 5.41) is 0. The van der Waals surface area contributed by atoms with Crippen molar-refractivity contribution < 1.29 is 4.74 Å². The van der Waals surface area contributed by atoms with E-state index in [0.29, 0.717) is 0 Å². The SMILES string of the molecule is CN1CCC(OC(c2cccc(SC[C@H]3C[C@H]3CN)c2)c2nc3ccccc3[nH]2)CC1. The Hall–Kier alpha value is -1.86. The number of hydrogen-bond acceptors (Lipinski definition) is 5. The van der Waals surface area contributed by atoms with Gasteiger partial charge in [0.15, 0.2) is 0 Å². The van der Waals surface area contributed by atoms with Crippen LogP contribution in [0.1, 0.15) is 36.8 Å². The highest BCUT2D eigenvalue weighted by atomic mass is 32.2. The van der Waals surface area contributed by atoms with Crippen LogP contribution in [0.3, 0.4) is 0 Å². The van der Waals surface area contributed by atoms with Crippen LogP contribution in [0.5, 0.6) is 0 Å². The fraction of sp³-hybridized carbons (Fsp3) is 0.480. The van der Waals surface area contributed by atoms with Gasteiger partial charge in [-0.15, -0.1) is 11.8 Å². The third-order valence-corrected chi connectivity index (χ3v) is 7.83. The quantitative estimate of drug-likeness (QED) is 0.511. The number of nitrogens with zero attached hydrogens (tertiary/aromatic N) is 2. The maximum Gasteiger partial charge on any atom is 0.141 e. The summed E-state index contributed by atoms with van der Waals surface area (Å²) in [6, 6.07) is 17.0. The molecule has 0 radical (unpaired) electrons. The number of nitrogens with one attached hydrogen (secondary N) is 1. The minimum atomic E-state index is -0.181. The summed E-state index contributed by atoms with van der Waals surface area (Å²) in [6.07, 6.45) is 3.47. The first kappa shape index (κ1) is 21.0. The maximum absolute atomic E-state index is 6.72. The third-order valence-electron chi connectivity index (χ3n) is 6.65. The number of benzene rings is 2. The largest absolute Gasteiger partial charge is 0.362 e. The Morgan fingerprint density at radius 3 is 2.77 bits per heavy atom. The number of H-pyrrole nitrogens is 1. The second-order valence-electron chi connectivity index (χ2n) is 9.03. The van der Waals surface area contributed by atoms with Crippen molar-refractivity contribution in [2.24, 2.45) is 17.6 Å². The average Bonchev–Trinajstić information content (AvgIpc) is 3.44. The van der Waals surface area contributed by atoms with Gasteiger partial charge in [0.05, 0.1) is 17.1 Å². The molecule has 2 fully saturated rings. The number of thioether (sulfide) groups is 1. The van der Waals surface area contributed by atoms with Crippen molar-refractivity contribution in [3.05, 3.63) is 59.9 Å². The molecule has 0 amide bonds. The number of likely N-dealkylation sites (tertiary alicyclic amines) is 1. The lowest BCUT2D eigenvalue weighted by Gasteiger charge is -2.31. The van der Waals surface area contributed by atoms with E-state index in [1.807, 2.05) is 23.9 Å². The van der Waals surface area contributed by atoms with Gasteiger partial charge in [-0.1, -0.05) is 24.3 Å². The van der Waals surface area contributed by atoms with Crippen molar-refractivity contribution in [2.75, 3.05) is 32.4 Å². The highest BCUT2D eigenvalue weighted by molar-refractivity contribution is 7.99. The van der Waals surface area contributed by atoms with Crippen molar-refractivity contribution in [2.45, 2.75) is 36.4 Å². The first-order chi connectivity index (χ1) is 15.2. The molecule has 3 atom stereocenters. The molecular weight excluding hydrogens is 404 g/mol. The number of para-hydroxylation sites is 2. The van der Waals surface area contributed by atoms with E-state index in [2.05, 4.69) is 53.3 Å². The number of ether oxygens (including phenoxy) is 1. The van der Waals surface area contributed by atoms with Crippen molar-refractivity contribution in [1.82, 2.24) is 14.9 Å². The molecule has 1 aliphatic heterocycles. The highest BCUT2D eigenvalue weighted by Gasteiger charge is 2.35. The fourth-order valence-corrected chi connectivity index (χ4v) is 5.69. The van der Waals surface area contributed by atoms with Gasteiger partial charge in [0.2, 0.25) is 0 Å². The minimum absolute atomic E-state index is 0.181. The lowest BCUT2D eigenvalue weighted by atomic mass is 10.1. The minimum Gasteiger partial charge on any atom is -0.362 e. The zero-order valence-corrected chi connectivity index (χ0v) is 19.0. The van der Waals surface area contributed by atoms with Gasteiger partial charge in [0, 0.05) is 23.7 Å². The molecule has 6 heteroatoms. The highest BCUT2D eigenvalue weighted by Crippen LogP contribution is 2.41. The molecule has 1 saturated carbocycles. The molecule has 1 aromatic heterocycles. The number of aromatic nitrogens is 2. The van der Waals surface area contributed by atoms with Gasteiger partial charge in [-0.2, -0.15) is 0 Å². The number of fused-ring (bicyclic) bond motifs is 1. The van der Waals surface area contributed by atoms with Crippen LogP contribution in [0.2, 0.25) is 0 Å². The van der Waals surface area contributed by atoms with E-state index >= 15 is 0 Å². The smallest absolute Gasteiger partial charge is 0.141 e. The second-order valence-corrected chi connectivity index (χ2v) is 10.1. The Balaban J connectivity index is 1.39. The zero-order valence-electron chi connectivity index (χ0n) is 18.2. The Bertz CT molecular complexity index is 980. The second kappa shape index (κ2) is 9.33. The molecule has 2 aliphatic rings. The predicted molar refractivity (Wildman–Crippen MR) is 127 cm³/mol. The van der Waals surface area contributed by atoms with Gasteiger partial charge in [-0.05, 0) is 74.5 Å². The number of aromatic amines is 1. The molecule has 0 spiro atoms. The molecule has 5 nitrogen and oxygen atoms in total. The van der Waals surface area contributed by atoms with E-state index in [-0.39, 0.29) is 12.2 Å². The number of hydrogen-bond donors (Lipinski definition) is 2. The van der Waals surface area contributed by atoms with Gasteiger partial charge in [-0.3, -0.25) is 0 Å². The monoisotopic (exact) mass is 436 g/mol. The molecule has 1 aliphatic carbocycles. The van der Waals surface area contributed by atoms with Gasteiger partial charge < -0.3 is 20.4 Å². The molecular formula is C25H32N4OS. The summed E-state index contributed by atoms with van der Waals surface area (Å²) in [6.45, 7) is 2.98. The third kappa shape index (κ3) is 4.98. The lowest BCUT2D eigenvalue weighted by Crippen LogP contribution is -2.35. The molecule has 164 valence electrons. The van der Waals surface area contributed by atoms with E-state index in [1.54, 1.807) is 0 Å². The average molecular weight is 437 g/mol. The van der Waals surface area contributed by atoms with Crippen LogP contribution in [-0.2, 0) is 4.74 Å². The summed E-state index contributed by atoms with van der Waals surface area (Å²) in [5.74, 6) is 3.55. The van der Waals surface area contributed by atoms with E-state index in [9.17, 15) is 0 Å². The molecule has 3 N–H and O–H groups in total. The number of piperidine rings is 1. The maximum atomic E-state index is 6.72. The van der Waals surface area contributed by atoms with Crippen LogP contribution in [0.25, 0.3) is 11.0 Å². The fourth-order valence-electron chi connectivity index (χ4n) is 4.48. The first-order valence-electron chi connectivity index (χ1n) is 11.4. The van der Waals surface area contributed by atoms with Crippen molar-refractivity contribution in [3.63, 3.8) is 0 Å². The standard InChI is InChI=1S/C25H32N4OS/c1-29-11-9-20(10-12-29)30-24(25-27-22-7-2-3-8-23(22)28-25)17-5-4-6-21(14-17)31-16-19-13-18(19)15-26/h2-8,14,18-20,24H,9-13,15-16,26H2,1H3,(H,27,28)/t18-,19+,24?/m0/s1. The summed E-state index contributed by atoms with van der Waals surface area (Å²) < 4.78 is 6.72. The molecule has 2 heterocycles. The summed E-state index contributed by atoms with van der Waals surface area (Å²) in [5.41, 5.74) is 9.03. The van der Waals surface area contributed by atoms with Crippen LogP contribution in [0.15, 0.2) is 53.4 Å². The van der Waals surface area contributed by atoms with E-state index in [0.717, 1.165) is 66.9 Å². The molecule has 3 aromatic rings. The molecule has 5 rings (SSSR count). The van der Waals surface area contributed by atoms with E-state index < -0.39 is 0 Å². The van der Waals surface area contributed by atoms with Crippen LogP contribution in [0, 0.1) is 11.8 Å². The van der Waals surface area contributed by atoms with Crippen molar-refractivity contribution in [1.29, 1.82) is 0 Å². The Kier molecular flexibility index (Phi) is 6.32. The summed E-state index contributed by atoms with van der Waals surface area (Å²) >= 11 is 1.94. The van der Waals surface area contributed by atoms with Crippen LogP contribution in [-0.4, -0.2) is 53.4 Å². The molecule has 0 bridgehead atoms. The number of nitrogens with two attached hydrogens (primary N) is 1.